The van der Waals surface area contributed by atoms with Crippen molar-refractivity contribution >= 4 is 12.1 Å². The van der Waals surface area contributed by atoms with E-state index in [2.05, 4.69) is 0 Å². The number of carbonyl (C=O) groups excluding carboxylic acids is 2. The van der Waals surface area contributed by atoms with E-state index in [0.29, 0.717) is 18.7 Å². The average Bonchev–Trinajstić information content (AvgIpc) is 3.02. The summed E-state index contributed by atoms with van der Waals surface area (Å²) in [6.07, 6.45) is 0.124. The molecule has 1 atom stereocenters. The fraction of sp³-hybridized carbons (Fsp3) is 0.556. The topological polar surface area (TPSA) is 77.5 Å². The van der Waals surface area contributed by atoms with Crippen molar-refractivity contribution < 1.29 is 28.5 Å². The van der Waals surface area contributed by atoms with E-state index < -0.39 is 18.9 Å². The van der Waals surface area contributed by atoms with Gasteiger partial charge in [-0.15, -0.1) is 0 Å². The van der Waals surface area contributed by atoms with Crippen LogP contribution in [0.1, 0.15) is 19.4 Å². The highest BCUT2D eigenvalue weighted by molar-refractivity contribution is 5.72. The molecule has 1 amide bonds. The summed E-state index contributed by atoms with van der Waals surface area (Å²) < 4.78 is 20.6. The lowest BCUT2D eigenvalue weighted by Gasteiger charge is -2.27. The molecule has 0 N–H and O–H groups in total. The van der Waals surface area contributed by atoms with Gasteiger partial charge in [-0.2, -0.15) is 0 Å². The van der Waals surface area contributed by atoms with Crippen LogP contribution in [0.15, 0.2) is 18.2 Å². The van der Waals surface area contributed by atoms with Crippen molar-refractivity contribution in [1.29, 1.82) is 0 Å². The number of nitrogens with zero attached hydrogens (tertiary/aromatic N) is 2. The summed E-state index contributed by atoms with van der Waals surface area (Å²) in [5.74, 6) is 1.00. The van der Waals surface area contributed by atoms with Crippen LogP contribution in [0.4, 0.5) is 4.79 Å². The minimum Gasteiger partial charge on any atom is -0.454 e. The first kappa shape index (κ1) is 19.8. The molecule has 0 radical (unpaired) electrons. The number of amides is 1. The van der Waals surface area contributed by atoms with Crippen molar-refractivity contribution in [1.82, 2.24) is 9.80 Å². The van der Waals surface area contributed by atoms with E-state index in [4.69, 9.17) is 18.9 Å². The van der Waals surface area contributed by atoms with Gasteiger partial charge in [0.05, 0.1) is 6.54 Å². The van der Waals surface area contributed by atoms with Crippen LogP contribution in [0.25, 0.3) is 0 Å². The highest BCUT2D eigenvalue weighted by Crippen LogP contribution is 2.33. The van der Waals surface area contributed by atoms with Gasteiger partial charge in [-0.05, 0) is 52.1 Å². The first-order valence-corrected chi connectivity index (χ1v) is 8.53. The van der Waals surface area contributed by atoms with Gasteiger partial charge in [0.2, 0.25) is 13.6 Å². The lowest BCUT2D eigenvalue weighted by Crippen LogP contribution is -2.40. The molecule has 1 heterocycles. The predicted octanol–water partition coefficient (Wildman–Crippen LogP) is 1.87. The highest BCUT2D eigenvalue weighted by Gasteiger charge is 2.22. The second-order valence-electron chi connectivity index (χ2n) is 6.31. The monoisotopic (exact) mass is 366 g/mol. The summed E-state index contributed by atoms with van der Waals surface area (Å²) in [4.78, 5) is 27.0. The molecule has 1 aromatic rings. The third-order valence-electron chi connectivity index (χ3n) is 3.92. The standard InChI is InChI=1S/C18H26N2O6/c1-5-20(18(22)26-12-25-17(21)10-19(3)4)13(2)8-14-6-7-15-16(9-14)24-11-23-15/h6-7,9,13H,5,8,10-12H2,1-4H3. The Morgan fingerprint density at radius 3 is 2.62 bits per heavy atom. The number of likely N-dealkylation sites (N-methyl/N-ethyl adjacent to an activating group) is 2. The molecule has 1 aromatic carbocycles. The van der Waals surface area contributed by atoms with Crippen LogP contribution in [0, 0.1) is 0 Å². The Hall–Kier alpha value is -2.48. The number of carbonyl (C=O) groups is 2. The van der Waals surface area contributed by atoms with Crippen LogP contribution >= 0.6 is 0 Å². The second-order valence-corrected chi connectivity index (χ2v) is 6.31. The average molecular weight is 366 g/mol. The Labute approximate surface area is 153 Å². The van der Waals surface area contributed by atoms with E-state index in [9.17, 15) is 9.59 Å². The quantitative estimate of drug-likeness (QED) is 0.513. The van der Waals surface area contributed by atoms with E-state index in [1.54, 1.807) is 23.9 Å². The molecule has 0 saturated heterocycles. The van der Waals surface area contributed by atoms with Gasteiger partial charge >= 0.3 is 12.1 Å². The summed E-state index contributed by atoms with van der Waals surface area (Å²) in [7, 11) is 3.51. The zero-order valence-electron chi connectivity index (χ0n) is 15.7. The number of hydrogen-bond donors (Lipinski definition) is 0. The molecule has 0 bridgehead atoms. The van der Waals surface area contributed by atoms with Gasteiger partial charge in [0.25, 0.3) is 0 Å². The van der Waals surface area contributed by atoms with Crippen LogP contribution in [0.5, 0.6) is 11.5 Å². The van der Waals surface area contributed by atoms with Gasteiger partial charge in [-0.25, -0.2) is 4.79 Å². The van der Waals surface area contributed by atoms with Crippen molar-refractivity contribution in [2.24, 2.45) is 0 Å². The molecule has 144 valence electrons. The number of benzene rings is 1. The maximum absolute atomic E-state index is 12.3. The highest BCUT2D eigenvalue weighted by atomic mass is 16.7. The third kappa shape index (κ3) is 5.52. The normalized spacial score (nSPS) is 13.4. The van der Waals surface area contributed by atoms with Gasteiger partial charge in [0.15, 0.2) is 11.5 Å². The van der Waals surface area contributed by atoms with Crippen LogP contribution in [-0.4, -0.2) is 68.7 Å². The Morgan fingerprint density at radius 2 is 1.92 bits per heavy atom. The summed E-state index contributed by atoms with van der Waals surface area (Å²) in [6, 6.07) is 5.64. The first-order chi connectivity index (χ1) is 12.4. The van der Waals surface area contributed by atoms with Gasteiger partial charge in [-0.1, -0.05) is 6.07 Å². The number of ether oxygens (including phenoxy) is 4. The van der Waals surface area contributed by atoms with Crippen LogP contribution < -0.4 is 9.47 Å². The van der Waals surface area contributed by atoms with Crippen LogP contribution in [-0.2, 0) is 20.7 Å². The summed E-state index contributed by atoms with van der Waals surface area (Å²) in [6.45, 7) is 4.27. The predicted molar refractivity (Wildman–Crippen MR) is 94.1 cm³/mol. The minimum atomic E-state index is -0.515. The molecule has 0 saturated carbocycles. The molecule has 1 unspecified atom stereocenters. The van der Waals surface area contributed by atoms with Crippen molar-refractivity contribution in [2.75, 3.05) is 40.8 Å². The molecule has 0 spiro atoms. The minimum absolute atomic E-state index is 0.0923. The Balaban J connectivity index is 1.84. The fourth-order valence-corrected chi connectivity index (χ4v) is 2.67. The zero-order valence-corrected chi connectivity index (χ0v) is 15.7. The number of rotatable bonds is 8. The lowest BCUT2D eigenvalue weighted by molar-refractivity contribution is -0.153. The largest absolute Gasteiger partial charge is 0.454 e. The van der Waals surface area contributed by atoms with Gasteiger partial charge < -0.3 is 23.8 Å². The maximum atomic E-state index is 12.3. The fourth-order valence-electron chi connectivity index (χ4n) is 2.67. The van der Waals surface area contributed by atoms with Crippen molar-refractivity contribution in [3.8, 4) is 11.5 Å². The van der Waals surface area contributed by atoms with Crippen molar-refractivity contribution in [3.05, 3.63) is 23.8 Å². The van der Waals surface area contributed by atoms with E-state index >= 15 is 0 Å². The Kier molecular flexibility index (Phi) is 7.08. The molecular weight excluding hydrogens is 340 g/mol. The molecule has 8 nitrogen and oxygen atoms in total. The first-order valence-electron chi connectivity index (χ1n) is 8.53. The van der Waals surface area contributed by atoms with E-state index in [0.717, 1.165) is 11.3 Å². The third-order valence-corrected chi connectivity index (χ3v) is 3.92. The molecule has 8 heteroatoms. The molecule has 1 aliphatic rings. The van der Waals surface area contributed by atoms with Gasteiger partial charge in [0, 0.05) is 12.6 Å². The Morgan fingerprint density at radius 1 is 1.19 bits per heavy atom. The van der Waals surface area contributed by atoms with E-state index in [-0.39, 0.29) is 19.4 Å². The zero-order chi connectivity index (χ0) is 19.1. The lowest BCUT2D eigenvalue weighted by atomic mass is 10.1. The molecule has 0 aliphatic carbocycles. The Bertz CT molecular complexity index is 634. The van der Waals surface area contributed by atoms with Crippen molar-refractivity contribution in [3.63, 3.8) is 0 Å². The molecular formula is C18H26N2O6. The number of esters is 1. The molecule has 0 fully saturated rings. The molecule has 26 heavy (non-hydrogen) atoms. The van der Waals surface area contributed by atoms with Crippen LogP contribution in [0.3, 0.4) is 0 Å². The SMILES string of the molecule is CCN(C(=O)OCOC(=O)CN(C)C)C(C)Cc1ccc2c(c1)OCO2. The summed E-state index contributed by atoms with van der Waals surface area (Å²) in [5.41, 5.74) is 1.03. The molecule has 2 rings (SSSR count). The summed E-state index contributed by atoms with van der Waals surface area (Å²) >= 11 is 0. The number of hydrogen-bond acceptors (Lipinski definition) is 7. The number of fused-ring (bicyclic) bond motifs is 1. The van der Waals surface area contributed by atoms with Crippen molar-refractivity contribution in [2.45, 2.75) is 26.3 Å². The van der Waals surface area contributed by atoms with Gasteiger partial charge in [-0.3, -0.25) is 9.69 Å². The second kappa shape index (κ2) is 9.28. The smallest absolute Gasteiger partial charge is 0.412 e. The summed E-state index contributed by atoms with van der Waals surface area (Å²) in [5, 5.41) is 0. The maximum Gasteiger partial charge on any atom is 0.412 e. The molecule has 1 aliphatic heterocycles. The molecule has 0 aromatic heterocycles. The van der Waals surface area contributed by atoms with E-state index in [1.165, 1.54) is 0 Å². The van der Waals surface area contributed by atoms with Gasteiger partial charge in [0.1, 0.15) is 0 Å². The van der Waals surface area contributed by atoms with E-state index in [1.807, 2.05) is 32.0 Å². The van der Waals surface area contributed by atoms with Crippen LogP contribution in [0.2, 0.25) is 0 Å².